The van der Waals surface area contributed by atoms with E-state index >= 15 is 0 Å². The highest BCUT2D eigenvalue weighted by Crippen LogP contribution is 2.27. The van der Waals surface area contributed by atoms with Gasteiger partial charge in [0.15, 0.2) is 5.65 Å². The molecule has 0 spiro atoms. The summed E-state index contributed by atoms with van der Waals surface area (Å²) in [4.78, 5) is 35.5. The Labute approximate surface area is 192 Å². The number of rotatable bonds is 9. The molecule has 0 bridgehead atoms. The molecule has 33 heavy (non-hydrogen) atoms. The molecule has 0 radical (unpaired) electrons. The van der Waals surface area contributed by atoms with E-state index in [9.17, 15) is 9.59 Å². The molecular formula is C23H29N7O3. The molecule has 1 aliphatic heterocycles. The summed E-state index contributed by atoms with van der Waals surface area (Å²) in [5, 5.41) is 11.3. The SMILES string of the molecule is COCCNc1ncnc2c1cnn2CCNC(=O)C1CC(=O)N(c2ccc(C)c(C)c2)C1. The van der Waals surface area contributed by atoms with Crippen molar-refractivity contribution in [1.29, 1.82) is 0 Å². The predicted octanol–water partition coefficient (Wildman–Crippen LogP) is 1.67. The lowest BCUT2D eigenvalue weighted by atomic mass is 10.1. The third-order valence-electron chi connectivity index (χ3n) is 5.95. The molecule has 1 aliphatic rings. The van der Waals surface area contributed by atoms with Crippen LogP contribution in [0.4, 0.5) is 11.5 Å². The zero-order valence-corrected chi connectivity index (χ0v) is 19.2. The van der Waals surface area contributed by atoms with Gasteiger partial charge in [-0.1, -0.05) is 6.07 Å². The van der Waals surface area contributed by atoms with Crippen molar-refractivity contribution >= 4 is 34.4 Å². The third-order valence-corrected chi connectivity index (χ3v) is 5.95. The first-order valence-electron chi connectivity index (χ1n) is 11.0. The van der Waals surface area contributed by atoms with Crippen LogP contribution < -0.4 is 15.5 Å². The number of hydrogen-bond donors (Lipinski definition) is 2. The smallest absolute Gasteiger partial charge is 0.227 e. The number of aryl methyl sites for hydroxylation is 2. The highest BCUT2D eigenvalue weighted by atomic mass is 16.5. The highest BCUT2D eigenvalue weighted by Gasteiger charge is 2.35. The van der Waals surface area contributed by atoms with Crippen LogP contribution in [0.3, 0.4) is 0 Å². The van der Waals surface area contributed by atoms with Gasteiger partial charge in [-0.05, 0) is 37.1 Å². The Balaban J connectivity index is 1.33. The molecule has 1 fully saturated rings. The van der Waals surface area contributed by atoms with Gasteiger partial charge in [0.2, 0.25) is 11.8 Å². The summed E-state index contributed by atoms with van der Waals surface area (Å²) < 4.78 is 6.79. The molecule has 4 rings (SSSR count). The second-order valence-electron chi connectivity index (χ2n) is 8.21. The number of aromatic nitrogens is 4. The number of carbonyl (C=O) groups excluding carboxylic acids is 2. The number of amides is 2. The van der Waals surface area contributed by atoms with Gasteiger partial charge in [0, 0.05) is 38.9 Å². The number of benzene rings is 1. The van der Waals surface area contributed by atoms with E-state index in [0.29, 0.717) is 44.3 Å². The number of fused-ring (bicyclic) bond motifs is 1. The number of carbonyl (C=O) groups is 2. The predicted molar refractivity (Wildman–Crippen MR) is 125 cm³/mol. The van der Waals surface area contributed by atoms with Crippen LogP contribution in [0.5, 0.6) is 0 Å². The van der Waals surface area contributed by atoms with Gasteiger partial charge in [-0.3, -0.25) is 9.59 Å². The Morgan fingerprint density at radius 1 is 1.21 bits per heavy atom. The van der Waals surface area contributed by atoms with Crippen LogP contribution in [-0.4, -0.2) is 64.9 Å². The Morgan fingerprint density at radius 2 is 2.06 bits per heavy atom. The van der Waals surface area contributed by atoms with E-state index in [1.807, 2.05) is 32.0 Å². The van der Waals surface area contributed by atoms with Gasteiger partial charge in [-0.2, -0.15) is 5.10 Å². The number of hydrogen-bond acceptors (Lipinski definition) is 7. The van der Waals surface area contributed by atoms with Crippen LogP contribution in [0.1, 0.15) is 17.5 Å². The van der Waals surface area contributed by atoms with Crippen molar-refractivity contribution in [2.24, 2.45) is 5.92 Å². The molecule has 3 aromatic rings. The summed E-state index contributed by atoms with van der Waals surface area (Å²) in [6, 6.07) is 5.93. The Bertz CT molecular complexity index is 1160. The van der Waals surface area contributed by atoms with Crippen LogP contribution in [0.15, 0.2) is 30.7 Å². The van der Waals surface area contributed by atoms with E-state index in [1.54, 1.807) is 22.9 Å². The van der Waals surface area contributed by atoms with Crippen molar-refractivity contribution in [2.45, 2.75) is 26.8 Å². The van der Waals surface area contributed by atoms with E-state index in [-0.39, 0.29) is 24.2 Å². The number of nitrogens with zero attached hydrogens (tertiary/aromatic N) is 5. The van der Waals surface area contributed by atoms with Gasteiger partial charge in [0.05, 0.1) is 30.7 Å². The first kappa shape index (κ1) is 22.7. The number of methoxy groups -OCH3 is 1. The summed E-state index contributed by atoms with van der Waals surface area (Å²) in [7, 11) is 1.64. The van der Waals surface area contributed by atoms with Crippen LogP contribution in [0.25, 0.3) is 11.0 Å². The van der Waals surface area contributed by atoms with Crippen molar-refractivity contribution in [2.75, 3.05) is 43.6 Å². The summed E-state index contributed by atoms with van der Waals surface area (Å²) in [5.74, 6) is 0.181. The van der Waals surface area contributed by atoms with Crippen molar-refractivity contribution in [1.82, 2.24) is 25.1 Å². The monoisotopic (exact) mass is 451 g/mol. The molecule has 3 heterocycles. The molecular weight excluding hydrogens is 422 g/mol. The normalized spacial score (nSPS) is 15.9. The summed E-state index contributed by atoms with van der Waals surface area (Å²) in [5.41, 5.74) is 3.83. The zero-order chi connectivity index (χ0) is 23.4. The minimum atomic E-state index is -0.368. The van der Waals surface area contributed by atoms with Crippen molar-refractivity contribution in [3.05, 3.63) is 41.9 Å². The summed E-state index contributed by atoms with van der Waals surface area (Å²) >= 11 is 0. The average molecular weight is 452 g/mol. The van der Waals surface area contributed by atoms with Crippen LogP contribution in [0.2, 0.25) is 0 Å². The highest BCUT2D eigenvalue weighted by molar-refractivity contribution is 6.00. The molecule has 1 unspecified atom stereocenters. The van der Waals surface area contributed by atoms with Gasteiger partial charge in [-0.25, -0.2) is 14.6 Å². The maximum absolute atomic E-state index is 12.7. The van der Waals surface area contributed by atoms with Crippen LogP contribution in [0, 0.1) is 19.8 Å². The molecule has 174 valence electrons. The van der Waals surface area contributed by atoms with Crippen LogP contribution in [-0.2, 0) is 20.9 Å². The topological polar surface area (TPSA) is 114 Å². The fourth-order valence-corrected chi connectivity index (χ4v) is 3.92. The van der Waals surface area contributed by atoms with E-state index in [4.69, 9.17) is 4.74 Å². The second kappa shape index (κ2) is 9.95. The average Bonchev–Trinajstić information content (AvgIpc) is 3.40. The molecule has 10 heteroatoms. The Kier molecular flexibility index (Phi) is 6.83. The molecule has 2 amide bonds. The summed E-state index contributed by atoms with van der Waals surface area (Å²) in [6.07, 6.45) is 3.41. The van der Waals surface area contributed by atoms with E-state index in [1.165, 1.54) is 11.9 Å². The molecule has 1 atom stereocenters. The molecule has 1 saturated heterocycles. The Morgan fingerprint density at radius 3 is 2.85 bits per heavy atom. The second-order valence-corrected chi connectivity index (χ2v) is 8.21. The van der Waals surface area contributed by atoms with Gasteiger partial charge in [0.25, 0.3) is 0 Å². The quantitative estimate of drug-likeness (QED) is 0.476. The van der Waals surface area contributed by atoms with E-state index in [2.05, 4.69) is 25.7 Å². The van der Waals surface area contributed by atoms with Gasteiger partial charge < -0.3 is 20.3 Å². The molecule has 10 nitrogen and oxygen atoms in total. The first-order chi connectivity index (χ1) is 16.0. The van der Waals surface area contributed by atoms with E-state index < -0.39 is 0 Å². The van der Waals surface area contributed by atoms with Gasteiger partial charge in [0.1, 0.15) is 12.1 Å². The van der Waals surface area contributed by atoms with Crippen molar-refractivity contribution < 1.29 is 14.3 Å². The minimum absolute atomic E-state index is 0.0262. The lowest BCUT2D eigenvalue weighted by Crippen LogP contribution is -2.35. The van der Waals surface area contributed by atoms with Crippen molar-refractivity contribution in [3.63, 3.8) is 0 Å². The third kappa shape index (κ3) is 4.95. The molecule has 2 N–H and O–H groups in total. The Hall–Kier alpha value is -3.53. The first-order valence-corrected chi connectivity index (χ1v) is 11.0. The molecule has 1 aromatic carbocycles. The number of ether oxygens (including phenoxy) is 1. The largest absolute Gasteiger partial charge is 0.383 e. The lowest BCUT2D eigenvalue weighted by Gasteiger charge is -2.18. The number of anilines is 2. The van der Waals surface area contributed by atoms with E-state index in [0.717, 1.165) is 16.6 Å². The lowest BCUT2D eigenvalue weighted by molar-refractivity contribution is -0.126. The molecule has 0 saturated carbocycles. The van der Waals surface area contributed by atoms with Crippen LogP contribution >= 0.6 is 0 Å². The van der Waals surface area contributed by atoms with Gasteiger partial charge >= 0.3 is 0 Å². The zero-order valence-electron chi connectivity index (χ0n) is 19.2. The maximum atomic E-state index is 12.7. The standard InChI is InChI=1S/C23H29N7O3/c1-15-4-5-18(10-16(15)2)29-13-17(11-20(29)31)23(32)25-6-8-30-22-19(12-28-30)21(26-14-27-22)24-7-9-33-3/h4-5,10,12,14,17H,6-9,11,13H2,1-3H3,(H,25,32)(H,24,26,27). The fourth-order valence-electron chi connectivity index (χ4n) is 3.92. The molecule has 2 aromatic heterocycles. The maximum Gasteiger partial charge on any atom is 0.227 e. The molecule has 0 aliphatic carbocycles. The number of nitrogens with one attached hydrogen (secondary N) is 2. The summed E-state index contributed by atoms with van der Waals surface area (Å²) in [6.45, 7) is 6.49. The van der Waals surface area contributed by atoms with Gasteiger partial charge in [-0.15, -0.1) is 0 Å². The van der Waals surface area contributed by atoms with Crippen molar-refractivity contribution in [3.8, 4) is 0 Å². The minimum Gasteiger partial charge on any atom is -0.383 e. The fraction of sp³-hybridized carbons (Fsp3) is 0.435.